The predicted octanol–water partition coefficient (Wildman–Crippen LogP) is 3.81. The summed E-state index contributed by atoms with van der Waals surface area (Å²) in [5.41, 5.74) is 0. The third-order valence-corrected chi connectivity index (χ3v) is 2.35. The Morgan fingerprint density at radius 2 is 1.11 bits per heavy atom. The minimum absolute atomic E-state index is 0. The zero-order valence-electron chi connectivity index (χ0n) is 11.3. The molecule has 0 amide bonds. The summed E-state index contributed by atoms with van der Waals surface area (Å²) in [5, 5.41) is 0. The van der Waals surface area contributed by atoms with Gasteiger partial charge < -0.3 is 21.6 Å². The smallest absolute Gasteiger partial charge is 0.343 e. The van der Waals surface area contributed by atoms with E-state index in [2.05, 4.69) is 13.8 Å². The summed E-state index contributed by atoms with van der Waals surface area (Å²) >= 11 is 0. The number of phosphoric acid groups is 1. The molecular weight excluding hydrogens is 347 g/mol. The summed E-state index contributed by atoms with van der Waals surface area (Å²) < 4.78 is 8.88. The van der Waals surface area contributed by atoms with Crippen LogP contribution in [0.15, 0.2) is 0 Å². The van der Waals surface area contributed by atoms with Crippen molar-refractivity contribution in [2.24, 2.45) is 0 Å². The van der Waals surface area contributed by atoms with E-state index in [4.69, 9.17) is 19.2 Å². The second-order valence-electron chi connectivity index (χ2n) is 4.20. The topological polar surface area (TPSA) is 77.8 Å². The second-order valence-corrected chi connectivity index (χ2v) is 5.22. The minimum atomic E-state index is -4.64. The molecule has 116 valence electrons. The van der Waals surface area contributed by atoms with Gasteiger partial charge in [-0.25, -0.2) is 4.57 Å². The van der Waals surface area contributed by atoms with E-state index in [-0.39, 0.29) is 22.4 Å². The maximum absolute atomic E-state index is 8.88. The van der Waals surface area contributed by atoms with Crippen molar-refractivity contribution in [3.63, 3.8) is 0 Å². The van der Waals surface area contributed by atoms with Gasteiger partial charge in [0.2, 0.25) is 0 Å². The Hall–Kier alpha value is 0.850. The van der Waals surface area contributed by atoms with Crippen molar-refractivity contribution in [3.05, 3.63) is 6.92 Å². The molecule has 0 fully saturated rings. The van der Waals surface area contributed by atoms with Gasteiger partial charge in [0, 0.05) is 0 Å². The van der Waals surface area contributed by atoms with Gasteiger partial charge in [-0.1, -0.05) is 64.7 Å². The molecule has 0 aliphatic rings. The molecule has 0 spiro atoms. The molecule has 0 rings (SSSR count). The molecule has 0 atom stereocenters. The molecule has 0 radical (unpaired) electrons. The molecule has 4 nitrogen and oxygen atoms in total. The molecule has 0 aliphatic heterocycles. The van der Waals surface area contributed by atoms with Gasteiger partial charge in [-0.05, 0) is 0 Å². The summed E-state index contributed by atoms with van der Waals surface area (Å²) in [6.45, 7) is 6.12. The van der Waals surface area contributed by atoms with Gasteiger partial charge in [-0.2, -0.15) is 6.42 Å². The fourth-order valence-corrected chi connectivity index (χ4v) is 1.49. The third kappa shape index (κ3) is 43.6. The van der Waals surface area contributed by atoms with Gasteiger partial charge in [0.15, 0.2) is 0 Å². The average molecular weight is 375 g/mol. The molecule has 0 saturated carbocycles. The molecule has 0 aromatic rings. The van der Waals surface area contributed by atoms with Crippen molar-refractivity contribution in [1.82, 2.24) is 0 Å². The summed E-state index contributed by atoms with van der Waals surface area (Å²) in [7, 11) is -4.64. The summed E-state index contributed by atoms with van der Waals surface area (Å²) in [5.74, 6) is 0. The first-order valence-corrected chi connectivity index (χ1v) is 8.05. The first kappa shape index (κ1) is 23.9. The zero-order valence-corrected chi connectivity index (χ0v) is 13.7. The van der Waals surface area contributed by atoms with Crippen LogP contribution in [-0.2, 0) is 26.9 Å². The van der Waals surface area contributed by atoms with Crippen LogP contribution in [0.4, 0.5) is 0 Å². The normalized spacial score (nSPS) is 10.3. The molecule has 0 aliphatic carbocycles. The predicted molar refractivity (Wildman–Crippen MR) is 71.5 cm³/mol. The molecular formula is C12H28AgO4P. The van der Waals surface area contributed by atoms with Crippen LogP contribution >= 0.6 is 7.82 Å². The van der Waals surface area contributed by atoms with Gasteiger partial charge in [0.1, 0.15) is 0 Å². The monoisotopic (exact) mass is 374 g/mol. The molecule has 0 heterocycles. The molecule has 0 aromatic heterocycles. The Kier molecular flexibility index (Phi) is 23.7. The average Bonchev–Trinajstić information content (AvgIpc) is 2.20. The van der Waals surface area contributed by atoms with Crippen LogP contribution in [0.5, 0.6) is 0 Å². The Bertz CT molecular complexity index is 167. The summed E-state index contributed by atoms with van der Waals surface area (Å²) in [6.07, 6.45) is 13.9. The van der Waals surface area contributed by atoms with Crippen molar-refractivity contribution in [3.8, 4) is 0 Å². The molecule has 3 N–H and O–H groups in total. The quantitative estimate of drug-likeness (QED) is 0.248. The van der Waals surface area contributed by atoms with E-state index in [1.807, 2.05) is 0 Å². The summed E-state index contributed by atoms with van der Waals surface area (Å²) in [4.78, 5) is 21.6. The zero-order chi connectivity index (χ0) is 13.6. The van der Waals surface area contributed by atoms with E-state index in [0.717, 1.165) is 6.42 Å². The van der Waals surface area contributed by atoms with Gasteiger partial charge in [-0.3, -0.25) is 0 Å². The van der Waals surface area contributed by atoms with E-state index in [1.54, 1.807) is 0 Å². The van der Waals surface area contributed by atoms with Crippen molar-refractivity contribution < 1.29 is 41.6 Å². The third-order valence-electron chi connectivity index (χ3n) is 2.35. The van der Waals surface area contributed by atoms with Crippen molar-refractivity contribution in [2.75, 3.05) is 0 Å². The molecule has 0 aromatic carbocycles. The van der Waals surface area contributed by atoms with Gasteiger partial charge in [0.05, 0.1) is 0 Å². The number of hydrogen-bond donors (Lipinski definition) is 3. The Morgan fingerprint density at radius 1 is 0.833 bits per heavy atom. The molecule has 0 saturated heterocycles. The number of rotatable bonds is 9. The standard InChI is InChI=1S/C12H25.Ag.H3O4P/c1-3-5-7-9-11-12-10-8-6-4-2;;1-5(2,3)4/h1,3-12H2,2H3;;(H3,1,2,3,4)/q-1;+1;. The number of hydrogen-bond acceptors (Lipinski definition) is 1. The van der Waals surface area contributed by atoms with Gasteiger partial charge >= 0.3 is 30.2 Å². The largest absolute Gasteiger partial charge is 1.00 e. The second kappa shape index (κ2) is 17.9. The van der Waals surface area contributed by atoms with Gasteiger partial charge in [0.25, 0.3) is 0 Å². The first-order valence-electron chi connectivity index (χ1n) is 6.49. The van der Waals surface area contributed by atoms with Crippen LogP contribution < -0.4 is 0 Å². The van der Waals surface area contributed by atoms with Crippen LogP contribution in [0.1, 0.15) is 71.1 Å². The Balaban J connectivity index is -0.000000321. The van der Waals surface area contributed by atoms with Crippen LogP contribution in [0, 0.1) is 6.92 Å². The van der Waals surface area contributed by atoms with E-state index in [1.165, 1.54) is 57.8 Å². The van der Waals surface area contributed by atoms with E-state index in [0.29, 0.717) is 0 Å². The van der Waals surface area contributed by atoms with E-state index >= 15 is 0 Å². The van der Waals surface area contributed by atoms with Crippen molar-refractivity contribution in [1.29, 1.82) is 0 Å². The fourth-order valence-electron chi connectivity index (χ4n) is 1.49. The summed E-state index contributed by atoms with van der Waals surface area (Å²) in [6, 6.07) is 0. The first-order chi connectivity index (χ1) is 7.91. The SMILES string of the molecule is O=P(O)(O)O.[Ag+].[CH2-]CCCCCCCCCCC. The number of unbranched alkanes of at least 4 members (excludes halogenated alkanes) is 9. The van der Waals surface area contributed by atoms with E-state index in [9.17, 15) is 0 Å². The van der Waals surface area contributed by atoms with Gasteiger partial charge in [-0.15, -0.1) is 0 Å². The minimum Gasteiger partial charge on any atom is -0.343 e. The van der Waals surface area contributed by atoms with Crippen molar-refractivity contribution >= 4 is 7.82 Å². The molecule has 18 heavy (non-hydrogen) atoms. The maximum Gasteiger partial charge on any atom is 1.00 e. The van der Waals surface area contributed by atoms with Crippen LogP contribution in [-0.4, -0.2) is 14.7 Å². The Morgan fingerprint density at radius 3 is 1.39 bits per heavy atom. The van der Waals surface area contributed by atoms with Crippen molar-refractivity contribution in [2.45, 2.75) is 71.1 Å². The van der Waals surface area contributed by atoms with Crippen LogP contribution in [0.25, 0.3) is 0 Å². The Labute approximate surface area is 127 Å². The molecule has 0 unspecified atom stereocenters. The van der Waals surface area contributed by atoms with Crippen LogP contribution in [0.3, 0.4) is 0 Å². The molecule has 6 heteroatoms. The maximum atomic E-state index is 8.88. The fraction of sp³-hybridized carbons (Fsp3) is 0.917. The van der Waals surface area contributed by atoms with Crippen LogP contribution in [0.2, 0.25) is 0 Å². The van der Waals surface area contributed by atoms with E-state index < -0.39 is 7.82 Å². The molecule has 0 bridgehead atoms.